The quantitative estimate of drug-likeness (QED) is 0.553. The summed E-state index contributed by atoms with van der Waals surface area (Å²) in [6.07, 6.45) is 0.795. The molecule has 0 heterocycles. The van der Waals surface area contributed by atoms with Gasteiger partial charge in [-0.25, -0.2) is 0 Å². The molecule has 0 aliphatic heterocycles. The Labute approximate surface area is 147 Å². The van der Waals surface area contributed by atoms with Crippen molar-refractivity contribution in [3.8, 4) is 5.75 Å². The van der Waals surface area contributed by atoms with E-state index in [0.717, 1.165) is 12.0 Å². The van der Waals surface area contributed by atoms with Crippen molar-refractivity contribution < 1.29 is 14.6 Å². The maximum absolute atomic E-state index is 12.7. The van der Waals surface area contributed by atoms with Crippen molar-refractivity contribution in [1.29, 1.82) is 0 Å². The lowest BCUT2D eigenvalue weighted by atomic mass is 9.73. The van der Waals surface area contributed by atoms with Crippen molar-refractivity contribution in [3.63, 3.8) is 0 Å². The summed E-state index contributed by atoms with van der Waals surface area (Å²) in [4.78, 5) is 12.7. The topological polar surface area (TPSA) is 46.5 Å². The van der Waals surface area contributed by atoms with E-state index in [1.165, 1.54) is 0 Å². The van der Waals surface area contributed by atoms with Gasteiger partial charge in [-0.15, -0.1) is 0 Å². The smallest absolute Gasteiger partial charge is 0.317 e. The molecule has 0 saturated carbocycles. The predicted molar refractivity (Wildman–Crippen MR) is 98.9 cm³/mol. The van der Waals surface area contributed by atoms with Crippen molar-refractivity contribution >= 4 is 5.97 Å². The zero-order valence-corrected chi connectivity index (χ0v) is 16.5. The van der Waals surface area contributed by atoms with Gasteiger partial charge in [0.15, 0.2) is 0 Å². The molecule has 0 amide bonds. The zero-order valence-electron chi connectivity index (χ0n) is 16.5. The lowest BCUT2D eigenvalue weighted by molar-refractivity contribution is -0.148. The maximum Gasteiger partial charge on any atom is 0.317 e. The highest BCUT2D eigenvalue weighted by molar-refractivity contribution is 5.79. The molecule has 0 bridgehead atoms. The molecule has 2 unspecified atom stereocenters. The minimum atomic E-state index is -0.896. The highest BCUT2D eigenvalue weighted by Gasteiger charge is 2.39. The molecule has 1 aromatic carbocycles. The second kappa shape index (κ2) is 7.69. The van der Waals surface area contributed by atoms with Gasteiger partial charge in [-0.2, -0.15) is 0 Å². The Morgan fingerprint density at radius 1 is 1.00 bits per heavy atom. The summed E-state index contributed by atoms with van der Waals surface area (Å²) in [5.74, 6) is 1.07. The lowest BCUT2D eigenvalue weighted by Gasteiger charge is -2.33. The summed E-state index contributed by atoms with van der Waals surface area (Å²) in [5, 5.41) is 10.5. The van der Waals surface area contributed by atoms with E-state index in [1.807, 2.05) is 32.9 Å². The Morgan fingerprint density at radius 3 is 1.88 bits per heavy atom. The summed E-state index contributed by atoms with van der Waals surface area (Å²) < 4.78 is 5.65. The molecular formula is C21H34O3. The largest absolute Gasteiger partial charge is 0.426 e. The monoisotopic (exact) mass is 334 g/mol. The number of hydrogen-bond acceptors (Lipinski definition) is 3. The van der Waals surface area contributed by atoms with Crippen molar-refractivity contribution in [2.24, 2.45) is 23.2 Å². The van der Waals surface area contributed by atoms with E-state index in [9.17, 15) is 9.90 Å². The second-order valence-electron chi connectivity index (χ2n) is 8.39. The van der Waals surface area contributed by atoms with Crippen LogP contribution in [0.5, 0.6) is 5.75 Å². The first-order chi connectivity index (χ1) is 10.9. The van der Waals surface area contributed by atoms with Crippen LogP contribution in [-0.2, 0) is 10.4 Å². The van der Waals surface area contributed by atoms with Crippen LogP contribution in [0, 0.1) is 23.2 Å². The van der Waals surface area contributed by atoms with E-state index < -0.39 is 11.0 Å². The van der Waals surface area contributed by atoms with Crippen LogP contribution < -0.4 is 4.74 Å². The molecule has 0 spiro atoms. The fourth-order valence-corrected chi connectivity index (χ4v) is 2.82. The van der Waals surface area contributed by atoms with E-state index >= 15 is 0 Å². The van der Waals surface area contributed by atoms with Gasteiger partial charge in [0, 0.05) is 0 Å². The van der Waals surface area contributed by atoms with Crippen molar-refractivity contribution in [2.75, 3.05) is 0 Å². The molecule has 0 aliphatic carbocycles. The van der Waals surface area contributed by atoms with Gasteiger partial charge >= 0.3 is 5.97 Å². The standard InChI is InChI=1S/C21H34O3/c1-14(2)13-20(7,15(3)4)19(22)24-18-11-9-17(10-12-18)21(8,23)16(5)6/h9-12,14-16,23H,13H2,1-8H3. The summed E-state index contributed by atoms with van der Waals surface area (Å²) in [5.41, 5.74) is -0.575. The first-order valence-electron chi connectivity index (χ1n) is 8.96. The van der Waals surface area contributed by atoms with Crippen molar-refractivity contribution in [2.45, 2.75) is 67.4 Å². The van der Waals surface area contributed by atoms with E-state index in [-0.39, 0.29) is 17.8 Å². The van der Waals surface area contributed by atoms with Gasteiger partial charge in [-0.3, -0.25) is 4.79 Å². The first-order valence-corrected chi connectivity index (χ1v) is 8.96. The Bertz CT molecular complexity index is 541. The van der Waals surface area contributed by atoms with E-state index in [0.29, 0.717) is 11.7 Å². The normalized spacial score (nSPS) is 17.0. The molecule has 0 radical (unpaired) electrons. The van der Waals surface area contributed by atoms with Gasteiger partial charge in [0.25, 0.3) is 0 Å². The third-order valence-electron chi connectivity index (χ3n) is 5.35. The molecule has 0 fully saturated rings. The first kappa shape index (κ1) is 20.7. The Hall–Kier alpha value is -1.35. The van der Waals surface area contributed by atoms with Crippen LogP contribution in [-0.4, -0.2) is 11.1 Å². The molecular weight excluding hydrogens is 300 g/mol. The molecule has 1 N–H and O–H groups in total. The summed E-state index contributed by atoms with van der Waals surface area (Å²) >= 11 is 0. The van der Waals surface area contributed by atoms with Gasteiger partial charge in [0.2, 0.25) is 0 Å². The molecule has 0 aromatic heterocycles. The van der Waals surface area contributed by atoms with Gasteiger partial charge in [-0.05, 0) is 55.7 Å². The van der Waals surface area contributed by atoms with Crippen molar-refractivity contribution in [1.82, 2.24) is 0 Å². The number of rotatable bonds is 7. The molecule has 3 heteroatoms. The Morgan fingerprint density at radius 2 is 1.50 bits per heavy atom. The molecule has 0 saturated heterocycles. The van der Waals surface area contributed by atoms with Gasteiger partial charge in [0.1, 0.15) is 5.75 Å². The summed E-state index contributed by atoms with van der Waals surface area (Å²) in [6, 6.07) is 7.19. The average molecular weight is 335 g/mol. The minimum Gasteiger partial charge on any atom is -0.426 e. The second-order valence-corrected chi connectivity index (χ2v) is 8.39. The minimum absolute atomic E-state index is 0.0983. The summed E-state index contributed by atoms with van der Waals surface area (Å²) in [6.45, 7) is 16.1. The van der Waals surface area contributed by atoms with Crippen LogP contribution in [0.2, 0.25) is 0 Å². The van der Waals surface area contributed by atoms with Crippen LogP contribution in [0.25, 0.3) is 0 Å². The van der Waals surface area contributed by atoms with Crippen molar-refractivity contribution in [3.05, 3.63) is 29.8 Å². The van der Waals surface area contributed by atoms with Gasteiger partial charge in [0.05, 0.1) is 11.0 Å². The van der Waals surface area contributed by atoms with Crippen LogP contribution in [0.3, 0.4) is 0 Å². The molecule has 1 rings (SSSR count). The third-order valence-corrected chi connectivity index (χ3v) is 5.35. The highest BCUT2D eigenvalue weighted by atomic mass is 16.5. The molecule has 136 valence electrons. The predicted octanol–water partition coefficient (Wildman–Crippen LogP) is 5.16. The third kappa shape index (κ3) is 4.60. The van der Waals surface area contributed by atoms with Crippen LogP contribution >= 0.6 is 0 Å². The number of carbonyl (C=O) groups excluding carboxylic acids is 1. The Balaban J connectivity index is 2.95. The SMILES string of the molecule is CC(C)CC(C)(C(=O)Oc1ccc(C(C)(O)C(C)C)cc1)C(C)C. The van der Waals surface area contributed by atoms with Gasteiger partial charge < -0.3 is 9.84 Å². The fourth-order valence-electron chi connectivity index (χ4n) is 2.82. The average Bonchev–Trinajstić information content (AvgIpc) is 2.46. The molecule has 2 atom stereocenters. The molecule has 24 heavy (non-hydrogen) atoms. The number of aliphatic hydroxyl groups is 1. The van der Waals surface area contributed by atoms with Crippen LogP contribution in [0.15, 0.2) is 24.3 Å². The van der Waals surface area contributed by atoms with Crippen LogP contribution in [0.4, 0.5) is 0 Å². The maximum atomic E-state index is 12.7. The number of ether oxygens (including phenoxy) is 1. The lowest BCUT2D eigenvalue weighted by Crippen LogP contribution is -2.38. The van der Waals surface area contributed by atoms with E-state index in [2.05, 4.69) is 27.7 Å². The number of esters is 1. The van der Waals surface area contributed by atoms with Crippen LogP contribution in [0.1, 0.15) is 67.4 Å². The van der Waals surface area contributed by atoms with Gasteiger partial charge in [-0.1, -0.05) is 53.7 Å². The number of benzene rings is 1. The number of carbonyl (C=O) groups is 1. The molecule has 0 aliphatic rings. The zero-order chi connectivity index (χ0) is 18.7. The molecule has 1 aromatic rings. The summed E-state index contributed by atoms with van der Waals surface area (Å²) in [7, 11) is 0. The highest BCUT2D eigenvalue weighted by Crippen LogP contribution is 2.36. The number of hydrogen-bond donors (Lipinski definition) is 1. The van der Waals surface area contributed by atoms with E-state index in [1.54, 1.807) is 19.1 Å². The Kier molecular flexibility index (Phi) is 6.63. The molecule has 3 nitrogen and oxygen atoms in total. The fraction of sp³-hybridized carbons (Fsp3) is 0.667. The van der Waals surface area contributed by atoms with E-state index in [4.69, 9.17) is 4.74 Å².